The van der Waals surface area contributed by atoms with Gasteiger partial charge in [0.05, 0.1) is 5.69 Å². The molecule has 1 saturated heterocycles. The Balaban J connectivity index is 1.51. The van der Waals surface area contributed by atoms with Crippen molar-refractivity contribution in [3.63, 3.8) is 0 Å². The van der Waals surface area contributed by atoms with Crippen LogP contribution in [0.3, 0.4) is 0 Å². The Hall–Kier alpha value is -2.61. The second-order valence-electron chi connectivity index (χ2n) is 6.39. The van der Waals surface area contributed by atoms with E-state index in [0.29, 0.717) is 25.4 Å². The molecule has 0 saturated carbocycles. The molecule has 4 heterocycles. The average molecular weight is 343 g/mol. The summed E-state index contributed by atoms with van der Waals surface area (Å²) in [5.41, 5.74) is 0.958. The molecule has 1 atom stereocenters. The van der Waals surface area contributed by atoms with E-state index in [1.165, 1.54) is 0 Å². The van der Waals surface area contributed by atoms with Crippen LogP contribution in [-0.2, 0) is 12.2 Å². The second-order valence-corrected chi connectivity index (χ2v) is 6.39. The third kappa shape index (κ3) is 2.93. The summed E-state index contributed by atoms with van der Waals surface area (Å²) >= 11 is 0. The number of aromatic nitrogens is 4. The van der Waals surface area contributed by atoms with Crippen LogP contribution < -0.4 is 0 Å². The molecule has 0 aromatic carbocycles. The van der Waals surface area contributed by atoms with E-state index < -0.39 is 5.67 Å². The maximum Gasteiger partial charge on any atom is 0.258 e. The van der Waals surface area contributed by atoms with E-state index in [4.69, 9.17) is 9.05 Å². The summed E-state index contributed by atoms with van der Waals surface area (Å²) < 4.78 is 25.8. The minimum atomic E-state index is -1.62. The van der Waals surface area contributed by atoms with Gasteiger partial charge in [-0.05, 0) is 26.0 Å². The molecular weight excluding hydrogens is 325 g/mol. The molecule has 0 spiro atoms. The molecule has 8 heteroatoms. The lowest BCUT2D eigenvalue weighted by Crippen LogP contribution is -2.28. The normalized spacial score (nSPS) is 21.1. The summed E-state index contributed by atoms with van der Waals surface area (Å²) in [4.78, 5) is 10.2. The van der Waals surface area contributed by atoms with Crippen LogP contribution >= 0.6 is 0 Å². The number of aryl methyl sites for hydroxylation is 2. The summed E-state index contributed by atoms with van der Waals surface area (Å²) in [7, 11) is 0. The lowest BCUT2D eigenvalue weighted by Gasteiger charge is -2.17. The number of hydrogen-bond donors (Lipinski definition) is 0. The van der Waals surface area contributed by atoms with Crippen molar-refractivity contribution in [3.05, 3.63) is 47.4 Å². The van der Waals surface area contributed by atoms with E-state index in [1.807, 2.05) is 18.7 Å². The Kier molecular flexibility index (Phi) is 3.84. The van der Waals surface area contributed by atoms with Crippen LogP contribution in [0.1, 0.15) is 29.3 Å². The van der Waals surface area contributed by atoms with Gasteiger partial charge >= 0.3 is 0 Å². The van der Waals surface area contributed by atoms with E-state index in [2.05, 4.69) is 20.3 Å². The van der Waals surface area contributed by atoms with Crippen molar-refractivity contribution in [2.24, 2.45) is 0 Å². The van der Waals surface area contributed by atoms with Gasteiger partial charge in [-0.25, -0.2) is 4.39 Å². The molecule has 130 valence electrons. The summed E-state index contributed by atoms with van der Waals surface area (Å²) in [6.45, 7) is 5.19. The molecule has 7 nitrogen and oxygen atoms in total. The lowest BCUT2D eigenvalue weighted by atomic mass is 10.1. The monoisotopic (exact) mass is 343 g/mol. The number of rotatable bonds is 4. The van der Waals surface area contributed by atoms with Gasteiger partial charge in [0.1, 0.15) is 5.76 Å². The van der Waals surface area contributed by atoms with Gasteiger partial charge in [-0.3, -0.25) is 9.88 Å². The van der Waals surface area contributed by atoms with Gasteiger partial charge in [0.2, 0.25) is 5.82 Å². The Morgan fingerprint density at radius 2 is 2.00 bits per heavy atom. The zero-order chi connectivity index (χ0) is 17.4. The van der Waals surface area contributed by atoms with E-state index in [0.717, 1.165) is 22.6 Å². The summed E-state index contributed by atoms with van der Waals surface area (Å²) in [6.07, 6.45) is 3.59. The molecule has 0 aliphatic carbocycles. The minimum absolute atomic E-state index is 0.0978. The second kappa shape index (κ2) is 6.03. The van der Waals surface area contributed by atoms with Gasteiger partial charge in [0, 0.05) is 49.6 Å². The van der Waals surface area contributed by atoms with Gasteiger partial charge in [-0.1, -0.05) is 10.3 Å². The van der Waals surface area contributed by atoms with Crippen molar-refractivity contribution < 1.29 is 13.4 Å². The molecule has 1 unspecified atom stereocenters. The zero-order valence-electron chi connectivity index (χ0n) is 14.1. The summed E-state index contributed by atoms with van der Waals surface area (Å²) in [5, 5.41) is 7.82. The third-order valence-corrected chi connectivity index (χ3v) is 4.62. The molecular formula is C17H18FN5O2. The highest BCUT2D eigenvalue weighted by Crippen LogP contribution is 2.36. The highest BCUT2D eigenvalue weighted by atomic mass is 19.1. The first-order chi connectivity index (χ1) is 12.0. The predicted molar refractivity (Wildman–Crippen MR) is 86.2 cm³/mol. The molecule has 0 bridgehead atoms. The third-order valence-electron chi connectivity index (χ3n) is 4.62. The number of nitrogens with zero attached hydrogens (tertiary/aromatic N) is 5. The molecule has 0 N–H and O–H groups in total. The van der Waals surface area contributed by atoms with Crippen molar-refractivity contribution in [3.8, 4) is 11.5 Å². The highest BCUT2D eigenvalue weighted by Gasteiger charge is 2.44. The first-order valence-electron chi connectivity index (χ1n) is 8.13. The zero-order valence-corrected chi connectivity index (χ0v) is 14.1. The van der Waals surface area contributed by atoms with Crippen molar-refractivity contribution >= 4 is 0 Å². The Bertz CT molecular complexity index is 859. The Morgan fingerprint density at radius 1 is 1.20 bits per heavy atom. The van der Waals surface area contributed by atoms with Crippen molar-refractivity contribution in [1.29, 1.82) is 0 Å². The molecule has 4 rings (SSSR count). The maximum atomic E-state index is 15.4. The SMILES string of the molecule is Cc1noc(C)c1CN1CCC(F)(c2noc(-c3ccncc3)n2)C1. The standard InChI is InChI=1S/C17H18FN5O2/c1-11-14(12(2)24-21-11)9-23-8-5-17(18,10-23)16-20-15(25-22-16)13-3-6-19-7-4-13/h3-4,6-7H,5,8-10H2,1-2H3. The van der Waals surface area contributed by atoms with Crippen molar-refractivity contribution in [1.82, 2.24) is 25.2 Å². The van der Waals surface area contributed by atoms with Crippen LogP contribution in [0.15, 0.2) is 33.6 Å². The smallest absolute Gasteiger partial charge is 0.258 e. The fraction of sp³-hybridized carbons (Fsp3) is 0.412. The quantitative estimate of drug-likeness (QED) is 0.720. The van der Waals surface area contributed by atoms with Crippen molar-refractivity contribution in [2.45, 2.75) is 32.5 Å². The Morgan fingerprint density at radius 3 is 2.72 bits per heavy atom. The van der Waals surface area contributed by atoms with E-state index >= 15 is 4.39 Å². The van der Waals surface area contributed by atoms with Gasteiger partial charge in [0.25, 0.3) is 5.89 Å². The van der Waals surface area contributed by atoms with Crippen LogP contribution in [0.25, 0.3) is 11.5 Å². The number of halogens is 1. The highest BCUT2D eigenvalue weighted by molar-refractivity contribution is 5.51. The average Bonchev–Trinajstić information content (AvgIpc) is 3.32. The molecule has 25 heavy (non-hydrogen) atoms. The number of hydrogen-bond acceptors (Lipinski definition) is 7. The fourth-order valence-corrected chi connectivity index (χ4v) is 3.13. The number of likely N-dealkylation sites (tertiary alicyclic amines) is 1. The molecule has 3 aromatic rings. The summed E-state index contributed by atoms with van der Waals surface area (Å²) in [6, 6.07) is 3.50. The van der Waals surface area contributed by atoms with Crippen LogP contribution in [0, 0.1) is 13.8 Å². The molecule has 0 radical (unpaired) electrons. The van der Waals surface area contributed by atoms with Crippen LogP contribution in [0.5, 0.6) is 0 Å². The first kappa shape index (κ1) is 15.9. The molecule has 3 aromatic heterocycles. The maximum absolute atomic E-state index is 15.4. The molecule has 1 aliphatic rings. The summed E-state index contributed by atoms with van der Waals surface area (Å²) in [5.74, 6) is 1.17. The van der Waals surface area contributed by atoms with E-state index in [-0.39, 0.29) is 12.4 Å². The first-order valence-corrected chi connectivity index (χ1v) is 8.13. The van der Waals surface area contributed by atoms with Gasteiger partial charge < -0.3 is 9.05 Å². The van der Waals surface area contributed by atoms with Gasteiger partial charge in [-0.15, -0.1) is 0 Å². The molecule has 1 aliphatic heterocycles. The van der Waals surface area contributed by atoms with E-state index in [1.54, 1.807) is 24.5 Å². The predicted octanol–water partition coefficient (Wildman–Crippen LogP) is 2.81. The van der Waals surface area contributed by atoms with Gasteiger partial charge in [0.15, 0.2) is 5.67 Å². The molecule has 1 fully saturated rings. The van der Waals surface area contributed by atoms with Crippen LogP contribution in [0.4, 0.5) is 4.39 Å². The topological polar surface area (TPSA) is 81.1 Å². The largest absolute Gasteiger partial charge is 0.361 e. The fourth-order valence-electron chi connectivity index (χ4n) is 3.13. The number of alkyl halides is 1. The van der Waals surface area contributed by atoms with Gasteiger partial charge in [-0.2, -0.15) is 4.98 Å². The van der Waals surface area contributed by atoms with Crippen LogP contribution in [0.2, 0.25) is 0 Å². The molecule has 0 amide bonds. The number of pyridine rings is 1. The van der Waals surface area contributed by atoms with E-state index in [9.17, 15) is 0 Å². The Labute approximate surface area is 143 Å². The van der Waals surface area contributed by atoms with Crippen molar-refractivity contribution in [2.75, 3.05) is 13.1 Å². The van der Waals surface area contributed by atoms with Crippen LogP contribution in [-0.4, -0.2) is 38.3 Å². The minimum Gasteiger partial charge on any atom is -0.361 e. The lowest BCUT2D eigenvalue weighted by molar-refractivity contribution is 0.148.